The molecule has 0 amide bonds. The van der Waals surface area contributed by atoms with Gasteiger partial charge in [0.2, 0.25) is 12.2 Å². The van der Waals surface area contributed by atoms with Crippen molar-refractivity contribution in [1.82, 2.24) is 9.78 Å². The van der Waals surface area contributed by atoms with E-state index in [0.29, 0.717) is 16.9 Å². The SMILES string of the molecule is Cc1c(Cc2ccc(OC(C)C)cc2F)c(OC2O[C@H](CO)[C@@H](O)[C@H](O)[C@H]2O)nn1C(C)C. The Bertz CT molecular complexity index is 947. The maximum Gasteiger partial charge on any atom is 0.239 e. The normalized spacial score (nSPS) is 25.6. The summed E-state index contributed by atoms with van der Waals surface area (Å²) in [5.74, 6) is 0.0923. The lowest BCUT2D eigenvalue weighted by Gasteiger charge is -2.39. The molecule has 1 aromatic carbocycles. The molecule has 1 fully saturated rings. The smallest absolute Gasteiger partial charge is 0.239 e. The van der Waals surface area contributed by atoms with Gasteiger partial charge in [0.15, 0.2) is 0 Å². The number of hydrogen-bond donors (Lipinski definition) is 4. The molecule has 1 aromatic heterocycles. The zero-order valence-electron chi connectivity index (χ0n) is 19.5. The molecule has 0 radical (unpaired) electrons. The molecule has 5 atom stereocenters. The van der Waals surface area contributed by atoms with Gasteiger partial charge in [-0.05, 0) is 46.2 Å². The molecular formula is C23H33FN2O7. The van der Waals surface area contributed by atoms with Crippen LogP contribution in [0.3, 0.4) is 0 Å². The molecule has 184 valence electrons. The van der Waals surface area contributed by atoms with Crippen LogP contribution in [0.5, 0.6) is 11.6 Å². The van der Waals surface area contributed by atoms with Gasteiger partial charge in [0.25, 0.3) is 0 Å². The van der Waals surface area contributed by atoms with Gasteiger partial charge in [-0.15, -0.1) is 5.10 Å². The largest absolute Gasteiger partial charge is 0.491 e. The van der Waals surface area contributed by atoms with Crippen molar-refractivity contribution < 1.29 is 39.0 Å². The molecular weight excluding hydrogens is 435 g/mol. The van der Waals surface area contributed by atoms with Gasteiger partial charge in [0, 0.05) is 29.8 Å². The summed E-state index contributed by atoms with van der Waals surface area (Å²) in [4.78, 5) is 0. The average Bonchev–Trinajstić information content (AvgIpc) is 3.05. The van der Waals surface area contributed by atoms with E-state index < -0.39 is 43.1 Å². The molecule has 2 aromatic rings. The second-order valence-electron chi connectivity index (χ2n) is 8.82. The van der Waals surface area contributed by atoms with Crippen LogP contribution in [0, 0.1) is 12.7 Å². The van der Waals surface area contributed by atoms with Gasteiger partial charge in [-0.25, -0.2) is 4.39 Å². The number of aliphatic hydroxyl groups is 4. The fraction of sp³-hybridized carbons (Fsp3) is 0.609. The van der Waals surface area contributed by atoms with Gasteiger partial charge in [0.05, 0.1) is 12.7 Å². The highest BCUT2D eigenvalue weighted by molar-refractivity contribution is 5.39. The second kappa shape index (κ2) is 10.4. The molecule has 1 unspecified atom stereocenters. The van der Waals surface area contributed by atoms with Gasteiger partial charge < -0.3 is 34.6 Å². The Labute approximate surface area is 192 Å². The summed E-state index contributed by atoms with van der Waals surface area (Å²) in [6, 6.07) is 4.63. The first-order valence-corrected chi connectivity index (χ1v) is 11.0. The van der Waals surface area contributed by atoms with Crippen molar-refractivity contribution in [2.45, 2.75) is 83.9 Å². The quantitative estimate of drug-likeness (QED) is 0.459. The fourth-order valence-electron chi connectivity index (χ4n) is 3.81. The van der Waals surface area contributed by atoms with E-state index in [1.165, 1.54) is 6.07 Å². The summed E-state index contributed by atoms with van der Waals surface area (Å²) >= 11 is 0. The first-order chi connectivity index (χ1) is 15.5. The third-order valence-electron chi connectivity index (χ3n) is 5.57. The van der Waals surface area contributed by atoms with Crippen molar-refractivity contribution in [1.29, 1.82) is 0 Å². The molecule has 0 spiro atoms. The van der Waals surface area contributed by atoms with Crippen LogP contribution in [0.2, 0.25) is 0 Å². The number of aromatic nitrogens is 2. The van der Waals surface area contributed by atoms with E-state index in [1.807, 2.05) is 34.6 Å². The summed E-state index contributed by atoms with van der Waals surface area (Å²) in [5, 5.41) is 44.3. The lowest BCUT2D eigenvalue weighted by atomic mass is 9.99. The Kier molecular flexibility index (Phi) is 7.96. The van der Waals surface area contributed by atoms with Crippen LogP contribution in [-0.4, -0.2) is 73.6 Å². The van der Waals surface area contributed by atoms with E-state index in [1.54, 1.807) is 16.8 Å². The Hall–Kier alpha value is -2.24. The molecule has 1 saturated heterocycles. The van der Waals surface area contributed by atoms with Crippen LogP contribution in [0.25, 0.3) is 0 Å². The van der Waals surface area contributed by atoms with Crippen LogP contribution in [0.1, 0.15) is 50.6 Å². The lowest BCUT2D eigenvalue weighted by molar-refractivity contribution is -0.278. The zero-order chi connectivity index (χ0) is 24.4. The predicted molar refractivity (Wildman–Crippen MR) is 117 cm³/mol. The van der Waals surface area contributed by atoms with Crippen molar-refractivity contribution >= 4 is 0 Å². The highest BCUT2D eigenvalue weighted by Gasteiger charge is 2.45. The van der Waals surface area contributed by atoms with Crippen LogP contribution in [0.15, 0.2) is 18.2 Å². The third-order valence-corrected chi connectivity index (χ3v) is 5.57. The van der Waals surface area contributed by atoms with Gasteiger partial charge in [-0.1, -0.05) is 6.07 Å². The van der Waals surface area contributed by atoms with E-state index >= 15 is 0 Å². The molecule has 1 aliphatic rings. The Balaban J connectivity index is 1.92. The number of aliphatic hydroxyl groups excluding tert-OH is 4. The minimum Gasteiger partial charge on any atom is -0.491 e. The monoisotopic (exact) mass is 468 g/mol. The molecule has 10 heteroatoms. The first kappa shape index (κ1) is 25.4. The van der Waals surface area contributed by atoms with E-state index in [2.05, 4.69) is 5.10 Å². The minimum absolute atomic E-state index is 0.0254. The highest BCUT2D eigenvalue weighted by atomic mass is 19.1. The minimum atomic E-state index is -1.58. The molecule has 9 nitrogen and oxygen atoms in total. The first-order valence-electron chi connectivity index (χ1n) is 11.0. The van der Waals surface area contributed by atoms with Gasteiger partial charge in [-0.2, -0.15) is 0 Å². The number of halogens is 1. The summed E-state index contributed by atoms with van der Waals surface area (Å²) in [6.07, 6.45) is -7.09. The Morgan fingerprint density at radius 2 is 1.82 bits per heavy atom. The molecule has 2 heterocycles. The summed E-state index contributed by atoms with van der Waals surface area (Å²) in [6.45, 7) is 8.83. The van der Waals surface area contributed by atoms with Crippen LogP contribution in [0.4, 0.5) is 4.39 Å². The number of rotatable bonds is 8. The molecule has 0 saturated carbocycles. The summed E-state index contributed by atoms with van der Waals surface area (Å²) < 4.78 is 33.4. The summed E-state index contributed by atoms with van der Waals surface area (Å²) in [5.41, 5.74) is 1.72. The van der Waals surface area contributed by atoms with Crippen LogP contribution >= 0.6 is 0 Å². The molecule has 0 aliphatic carbocycles. The Morgan fingerprint density at radius 1 is 1.12 bits per heavy atom. The number of ether oxygens (including phenoxy) is 3. The Morgan fingerprint density at radius 3 is 2.39 bits per heavy atom. The number of hydrogen-bond acceptors (Lipinski definition) is 8. The van der Waals surface area contributed by atoms with Crippen molar-refractivity contribution in [2.75, 3.05) is 6.61 Å². The molecule has 3 rings (SSSR count). The second-order valence-corrected chi connectivity index (χ2v) is 8.82. The van der Waals surface area contributed by atoms with Crippen molar-refractivity contribution in [2.24, 2.45) is 0 Å². The van der Waals surface area contributed by atoms with Crippen LogP contribution in [-0.2, 0) is 11.2 Å². The predicted octanol–water partition coefficient (Wildman–Crippen LogP) is 1.47. The van der Waals surface area contributed by atoms with Gasteiger partial charge >= 0.3 is 0 Å². The maximum atomic E-state index is 14.8. The average molecular weight is 469 g/mol. The van der Waals surface area contributed by atoms with E-state index in [4.69, 9.17) is 14.2 Å². The fourth-order valence-corrected chi connectivity index (χ4v) is 3.81. The summed E-state index contributed by atoms with van der Waals surface area (Å²) in [7, 11) is 0. The third kappa shape index (κ3) is 5.47. The van der Waals surface area contributed by atoms with Crippen LogP contribution < -0.4 is 9.47 Å². The van der Waals surface area contributed by atoms with Gasteiger partial charge in [-0.3, -0.25) is 4.68 Å². The standard InChI is InChI=1S/C23H33FN2O7/c1-11(2)26-13(5)16(8-14-6-7-15(9-17(14)24)31-12(3)4)22(25-26)33-23-21(30)20(29)19(28)18(10-27)32-23/h6-7,9,11-12,18-21,23,27-30H,8,10H2,1-5H3/t18-,19-,20+,21-,23?/m1/s1. The molecule has 4 N–H and O–H groups in total. The van der Waals surface area contributed by atoms with Gasteiger partial charge in [0.1, 0.15) is 36.0 Å². The molecule has 0 bridgehead atoms. The number of nitrogens with zero attached hydrogens (tertiary/aromatic N) is 2. The van der Waals surface area contributed by atoms with E-state index in [0.717, 1.165) is 5.69 Å². The molecule has 33 heavy (non-hydrogen) atoms. The van der Waals surface area contributed by atoms with E-state index in [9.17, 15) is 24.8 Å². The lowest BCUT2D eigenvalue weighted by Crippen LogP contribution is -2.60. The van der Waals surface area contributed by atoms with E-state index in [-0.39, 0.29) is 24.4 Å². The highest BCUT2D eigenvalue weighted by Crippen LogP contribution is 2.31. The maximum absolute atomic E-state index is 14.8. The van der Waals surface area contributed by atoms with Crippen molar-refractivity contribution in [3.63, 3.8) is 0 Å². The number of benzene rings is 1. The van der Waals surface area contributed by atoms with Crippen molar-refractivity contribution in [3.05, 3.63) is 40.8 Å². The molecule has 1 aliphatic heterocycles. The zero-order valence-corrected chi connectivity index (χ0v) is 19.5. The topological polar surface area (TPSA) is 126 Å². The van der Waals surface area contributed by atoms with Crippen molar-refractivity contribution in [3.8, 4) is 11.6 Å².